The lowest BCUT2D eigenvalue weighted by molar-refractivity contribution is -0.490. The van der Waals surface area contributed by atoms with Crippen molar-refractivity contribution < 1.29 is 29.0 Å². The van der Waals surface area contributed by atoms with Gasteiger partial charge in [0.15, 0.2) is 0 Å². The maximum absolute atomic E-state index is 11.8. The Morgan fingerprint density at radius 2 is 1.71 bits per heavy atom. The Morgan fingerprint density at radius 1 is 1.09 bits per heavy atom. The number of carbonyl (C=O) groups is 4. The van der Waals surface area contributed by atoms with E-state index >= 15 is 0 Å². The number of anilines is 2. The van der Waals surface area contributed by atoms with Crippen LogP contribution in [0.1, 0.15) is 23.7 Å². The summed E-state index contributed by atoms with van der Waals surface area (Å²) in [4.78, 5) is 64.8. The number of nitrogens with zero attached hydrogens (tertiary/aromatic N) is 2. The number of nitro benzene ring substituents is 1. The molecule has 0 radical (unpaired) electrons. The molecule has 2 aromatic carbocycles. The summed E-state index contributed by atoms with van der Waals surface area (Å²) in [6.45, 7) is 1.26. The molecule has 180 valence electrons. The first-order chi connectivity index (χ1) is 15.9. The van der Waals surface area contributed by atoms with Crippen LogP contribution in [0, 0.1) is 20.2 Å². The van der Waals surface area contributed by atoms with Crippen LogP contribution in [0.3, 0.4) is 0 Å². The van der Waals surface area contributed by atoms with E-state index in [9.17, 15) is 39.4 Å². The third-order valence-electron chi connectivity index (χ3n) is 3.96. The number of Topliss-reactive ketones (excluding diaryl/α,β-unsaturated/α-hetero) is 3. The predicted molar refractivity (Wildman–Crippen MR) is 124 cm³/mol. The van der Waals surface area contributed by atoms with Gasteiger partial charge in [0.05, 0.1) is 17.2 Å². The van der Waals surface area contributed by atoms with Gasteiger partial charge in [0.25, 0.3) is 5.69 Å². The molecule has 0 aromatic heterocycles. The molecule has 14 heteroatoms. The van der Waals surface area contributed by atoms with Crippen LogP contribution in [0.25, 0.3) is 0 Å². The second kappa shape index (κ2) is 13.0. The van der Waals surface area contributed by atoms with Crippen LogP contribution in [0.2, 0.25) is 5.02 Å². The van der Waals surface area contributed by atoms with Gasteiger partial charge in [0, 0.05) is 27.3 Å². The zero-order chi connectivity index (χ0) is 26.0. The van der Waals surface area contributed by atoms with Gasteiger partial charge < -0.3 is 11.1 Å². The second-order valence-electron chi connectivity index (χ2n) is 6.58. The molecule has 1 unspecified atom stereocenters. The molecule has 0 fully saturated rings. The standard InChI is InChI=1S/2C10H9ClN2O4/c1-6(14)4-10(15)12-8-3-2-7(11)5-9(8)13(16)17;11-5-8(14)9(13(16)17)10(15)6-3-1-2-4-7(6)12/h2-3,5H,4H2,1H3,(H,12,15);1-4,9H,5,12H2. The largest absolute Gasteiger partial charge is 0.398 e. The van der Waals surface area contributed by atoms with Crippen molar-refractivity contribution >= 4 is 63.5 Å². The fourth-order valence-corrected chi connectivity index (χ4v) is 2.80. The van der Waals surface area contributed by atoms with Gasteiger partial charge in [-0.2, -0.15) is 0 Å². The first kappa shape index (κ1) is 28.1. The van der Waals surface area contributed by atoms with Gasteiger partial charge in [-0.05, 0) is 31.2 Å². The highest BCUT2D eigenvalue weighted by Crippen LogP contribution is 2.27. The van der Waals surface area contributed by atoms with E-state index in [2.05, 4.69) is 5.32 Å². The number of halogens is 2. The minimum atomic E-state index is -1.99. The van der Waals surface area contributed by atoms with Crippen molar-refractivity contribution in [2.24, 2.45) is 0 Å². The van der Waals surface area contributed by atoms with Crippen molar-refractivity contribution in [2.75, 3.05) is 16.9 Å². The maximum atomic E-state index is 11.8. The number of para-hydroxylation sites is 1. The van der Waals surface area contributed by atoms with Crippen LogP contribution in [-0.2, 0) is 14.4 Å². The van der Waals surface area contributed by atoms with Gasteiger partial charge in [0.2, 0.25) is 17.5 Å². The highest BCUT2D eigenvalue weighted by atomic mass is 35.5. The Balaban J connectivity index is 0.000000340. The molecule has 0 aliphatic rings. The summed E-state index contributed by atoms with van der Waals surface area (Å²) in [6, 6.07) is 7.71. The zero-order valence-corrected chi connectivity index (χ0v) is 19.0. The van der Waals surface area contributed by atoms with E-state index in [0.717, 1.165) is 6.07 Å². The Labute approximate surface area is 202 Å². The number of nitrogens with one attached hydrogen (secondary N) is 1. The summed E-state index contributed by atoms with van der Waals surface area (Å²) in [5.41, 5.74) is 5.26. The van der Waals surface area contributed by atoms with E-state index in [4.69, 9.17) is 28.9 Å². The Bertz CT molecular complexity index is 1140. The first-order valence-corrected chi connectivity index (χ1v) is 10.1. The van der Waals surface area contributed by atoms with Crippen LogP contribution in [0.4, 0.5) is 17.1 Å². The number of carbonyl (C=O) groups excluding carboxylic acids is 4. The fourth-order valence-electron chi connectivity index (χ4n) is 2.48. The van der Waals surface area contributed by atoms with Crippen LogP contribution in [0.5, 0.6) is 0 Å². The second-order valence-corrected chi connectivity index (χ2v) is 7.29. The minimum Gasteiger partial charge on any atom is -0.398 e. The van der Waals surface area contributed by atoms with Crippen LogP contribution in [0.15, 0.2) is 42.5 Å². The summed E-state index contributed by atoms with van der Waals surface area (Å²) in [5.74, 6) is -3.41. The Hall–Kier alpha value is -3.90. The lowest BCUT2D eigenvalue weighted by Crippen LogP contribution is -2.38. The van der Waals surface area contributed by atoms with Crippen LogP contribution >= 0.6 is 23.2 Å². The molecule has 0 spiro atoms. The molecule has 3 N–H and O–H groups in total. The number of nitrogens with two attached hydrogens (primary N) is 1. The summed E-state index contributed by atoms with van der Waals surface area (Å²) in [7, 11) is 0. The van der Waals surface area contributed by atoms with Gasteiger partial charge in [-0.25, -0.2) is 0 Å². The maximum Gasteiger partial charge on any atom is 0.333 e. The lowest BCUT2D eigenvalue weighted by atomic mass is 10.0. The number of rotatable bonds is 9. The number of ketones is 3. The molecule has 2 rings (SSSR count). The van der Waals surface area contributed by atoms with E-state index in [-0.39, 0.29) is 39.9 Å². The number of hydrogen-bond donors (Lipinski definition) is 2. The van der Waals surface area contributed by atoms with Gasteiger partial charge in [0.1, 0.15) is 11.5 Å². The molecule has 0 saturated heterocycles. The fraction of sp³-hybridized carbons (Fsp3) is 0.200. The third kappa shape index (κ3) is 8.22. The predicted octanol–water partition coefficient (Wildman–Crippen LogP) is 3.07. The average molecular weight is 513 g/mol. The summed E-state index contributed by atoms with van der Waals surface area (Å²) in [6.07, 6.45) is -0.320. The Morgan fingerprint density at radius 3 is 2.21 bits per heavy atom. The molecule has 0 heterocycles. The van der Waals surface area contributed by atoms with E-state index < -0.39 is 39.2 Å². The molecule has 0 saturated carbocycles. The highest BCUT2D eigenvalue weighted by Gasteiger charge is 2.38. The molecular formula is C20H18Cl2N4O8. The smallest absolute Gasteiger partial charge is 0.333 e. The van der Waals surface area contributed by atoms with E-state index in [0.29, 0.717) is 0 Å². The third-order valence-corrected chi connectivity index (χ3v) is 4.46. The van der Waals surface area contributed by atoms with Crippen LogP contribution < -0.4 is 11.1 Å². The zero-order valence-electron chi connectivity index (χ0n) is 17.5. The van der Waals surface area contributed by atoms with E-state index in [1.54, 1.807) is 6.07 Å². The Kier molecular flexibility index (Phi) is 10.7. The molecule has 1 atom stereocenters. The van der Waals surface area contributed by atoms with Crippen molar-refractivity contribution in [1.82, 2.24) is 0 Å². The van der Waals surface area contributed by atoms with Crippen molar-refractivity contribution in [3.05, 3.63) is 73.3 Å². The van der Waals surface area contributed by atoms with Gasteiger partial charge >= 0.3 is 6.04 Å². The van der Waals surface area contributed by atoms with Crippen LogP contribution in [-0.4, -0.2) is 45.0 Å². The monoisotopic (exact) mass is 512 g/mol. The number of nitrogen functional groups attached to an aromatic ring is 1. The molecule has 0 aliphatic carbocycles. The van der Waals surface area contributed by atoms with Crippen molar-refractivity contribution in [1.29, 1.82) is 0 Å². The number of nitro groups is 2. The van der Waals surface area contributed by atoms with Crippen molar-refractivity contribution in [3.63, 3.8) is 0 Å². The topological polar surface area (TPSA) is 193 Å². The quantitative estimate of drug-likeness (QED) is 0.127. The number of benzene rings is 2. The number of amides is 1. The highest BCUT2D eigenvalue weighted by molar-refractivity contribution is 6.31. The van der Waals surface area contributed by atoms with Gasteiger partial charge in [-0.3, -0.25) is 39.4 Å². The molecule has 12 nitrogen and oxygen atoms in total. The van der Waals surface area contributed by atoms with Crippen molar-refractivity contribution in [2.45, 2.75) is 19.4 Å². The molecule has 0 aliphatic heterocycles. The molecular weight excluding hydrogens is 495 g/mol. The molecule has 1 amide bonds. The molecule has 34 heavy (non-hydrogen) atoms. The average Bonchev–Trinajstić information content (AvgIpc) is 2.74. The van der Waals surface area contributed by atoms with Gasteiger partial charge in [-0.15, -0.1) is 11.6 Å². The number of alkyl halides is 1. The minimum absolute atomic E-state index is 0.0191. The number of hydrogen-bond acceptors (Lipinski definition) is 9. The lowest BCUT2D eigenvalue weighted by Gasteiger charge is -2.07. The molecule has 0 bridgehead atoms. The summed E-state index contributed by atoms with van der Waals surface area (Å²) < 4.78 is 0. The molecule has 2 aromatic rings. The summed E-state index contributed by atoms with van der Waals surface area (Å²) in [5, 5.41) is 23.9. The van der Waals surface area contributed by atoms with Crippen molar-refractivity contribution in [3.8, 4) is 0 Å². The normalized spacial score (nSPS) is 10.8. The van der Waals surface area contributed by atoms with E-state index in [1.807, 2.05) is 0 Å². The summed E-state index contributed by atoms with van der Waals surface area (Å²) >= 11 is 10.8. The SMILES string of the molecule is CC(=O)CC(=O)Nc1ccc(Cl)cc1[N+](=O)[O-].Nc1ccccc1C(=O)C(C(=O)CCl)[N+](=O)[O-]. The first-order valence-electron chi connectivity index (χ1n) is 9.23. The van der Waals surface area contributed by atoms with Gasteiger partial charge in [-0.1, -0.05) is 23.7 Å². The van der Waals surface area contributed by atoms with E-state index in [1.165, 1.54) is 37.3 Å².